The molecule has 0 spiro atoms. The molecule has 0 aliphatic carbocycles. The van der Waals surface area contributed by atoms with Crippen molar-refractivity contribution in [2.75, 3.05) is 31.6 Å². The highest BCUT2D eigenvalue weighted by Crippen LogP contribution is 2.21. The molecule has 21 heavy (non-hydrogen) atoms. The lowest BCUT2D eigenvalue weighted by atomic mass is 10.1. The predicted octanol–water partition coefficient (Wildman–Crippen LogP) is 3.07. The Kier molecular flexibility index (Phi) is 5.62. The van der Waals surface area contributed by atoms with Gasteiger partial charge in [-0.1, -0.05) is 11.6 Å². The molecular formula is C17H26N2O2. The summed E-state index contributed by atoms with van der Waals surface area (Å²) in [5.74, 6) is 0.0904. The number of hydrogen-bond donors (Lipinski definition) is 1. The minimum atomic E-state index is 0.0904. The molecule has 0 saturated carbocycles. The van der Waals surface area contributed by atoms with E-state index >= 15 is 0 Å². The number of rotatable bonds is 6. The minimum Gasteiger partial charge on any atom is -0.385 e. The third kappa shape index (κ3) is 3.97. The SMILES string of the molecule is CCNc1ccc(C)cc1C(=O)N(CC)CC1CCCO1. The number of anilines is 1. The molecule has 0 aromatic heterocycles. The molecule has 4 heteroatoms. The summed E-state index contributed by atoms with van der Waals surface area (Å²) >= 11 is 0. The molecule has 1 fully saturated rings. The number of nitrogens with one attached hydrogen (secondary N) is 1. The first-order chi connectivity index (χ1) is 10.2. The van der Waals surface area contributed by atoms with Gasteiger partial charge in [-0.25, -0.2) is 0 Å². The first-order valence-electron chi connectivity index (χ1n) is 7.91. The Morgan fingerprint density at radius 1 is 1.43 bits per heavy atom. The van der Waals surface area contributed by atoms with Gasteiger partial charge in [0.25, 0.3) is 5.91 Å². The van der Waals surface area contributed by atoms with Crippen LogP contribution >= 0.6 is 0 Å². The minimum absolute atomic E-state index is 0.0904. The van der Waals surface area contributed by atoms with E-state index in [1.807, 2.05) is 43.9 Å². The van der Waals surface area contributed by atoms with E-state index in [4.69, 9.17) is 4.74 Å². The molecule has 116 valence electrons. The summed E-state index contributed by atoms with van der Waals surface area (Å²) in [5, 5.41) is 3.28. The van der Waals surface area contributed by atoms with Crippen LogP contribution in [0.1, 0.15) is 42.6 Å². The van der Waals surface area contributed by atoms with Gasteiger partial charge in [-0.2, -0.15) is 0 Å². The number of carbonyl (C=O) groups is 1. The average molecular weight is 290 g/mol. The van der Waals surface area contributed by atoms with E-state index in [-0.39, 0.29) is 12.0 Å². The van der Waals surface area contributed by atoms with Gasteiger partial charge < -0.3 is 15.0 Å². The van der Waals surface area contributed by atoms with E-state index in [2.05, 4.69) is 5.32 Å². The van der Waals surface area contributed by atoms with Gasteiger partial charge in [-0.3, -0.25) is 4.79 Å². The number of ether oxygens (including phenoxy) is 1. The second kappa shape index (κ2) is 7.46. The van der Waals surface area contributed by atoms with Crippen LogP contribution < -0.4 is 5.32 Å². The molecule has 1 aromatic carbocycles. The van der Waals surface area contributed by atoms with Crippen molar-refractivity contribution in [2.24, 2.45) is 0 Å². The fraction of sp³-hybridized carbons (Fsp3) is 0.588. The molecular weight excluding hydrogens is 264 g/mol. The second-order valence-electron chi connectivity index (χ2n) is 5.56. The molecule has 1 unspecified atom stereocenters. The Labute approximate surface area is 127 Å². The maximum absolute atomic E-state index is 12.8. The summed E-state index contributed by atoms with van der Waals surface area (Å²) in [6.45, 7) is 9.11. The van der Waals surface area contributed by atoms with Gasteiger partial charge in [-0.05, 0) is 45.7 Å². The van der Waals surface area contributed by atoms with Crippen molar-refractivity contribution >= 4 is 11.6 Å². The Morgan fingerprint density at radius 3 is 2.86 bits per heavy atom. The Morgan fingerprint density at radius 2 is 2.24 bits per heavy atom. The van der Waals surface area contributed by atoms with Crippen molar-refractivity contribution in [3.63, 3.8) is 0 Å². The number of nitrogens with zero attached hydrogens (tertiary/aromatic N) is 1. The normalized spacial score (nSPS) is 17.8. The standard InChI is InChI=1S/C17H26N2O2/c1-4-18-16-9-8-13(3)11-15(16)17(20)19(5-2)12-14-7-6-10-21-14/h8-9,11,14,18H,4-7,10,12H2,1-3H3. The van der Waals surface area contributed by atoms with Crippen LogP contribution in [0.2, 0.25) is 0 Å². The summed E-state index contributed by atoms with van der Waals surface area (Å²) in [4.78, 5) is 14.7. The lowest BCUT2D eigenvalue weighted by molar-refractivity contribution is 0.0540. The number of amides is 1. The van der Waals surface area contributed by atoms with Crippen LogP contribution in [0.4, 0.5) is 5.69 Å². The predicted molar refractivity (Wildman–Crippen MR) is 85.9 cm³/mol. The Balaban J connectivity index is 2.17. The Hall–Kier alpha value is -1.55. The smallest absolute Gasteiger partial charge is 0.256 e. The van der Waals surface area contributed by atoms with Crippen LogP contribution in [0.5, 0.6) is 0 Å². The largest absolute Gasteiger partial charge is 0.385 e. The summed E-state index contributed by atoms with van der Waals surface area (Å²) in [6, 6.07) is 6.00. The van der Waals surface area contributed by atoms with Gasteiger partial charge in [0.15, 0.2) is 0 Å². The van der Waals surface area contributed by atoms with Gasteiger partial charge >= 0.3 is 0 Å². The first-order valence-corrected chi connectivity index (χ1v) is 7.91. The fourth-order valence-corrected chi connectivity index (χ4v) is 2.74. The topological polar surface area (TPSA) is 41.6 Å². The van der Waals surface area contributed by atoms with Crippen LogP contribution in [0, 0.1) is 6.92 Å². The van der Waals surface area contributed by atoms with Gasteiger partial charge in [0, 0.05) is 31.9 Å². The summed E-state index contributed by atoms with van der Waals surface area (Å²) in [7, 11) is 0. The molecule has 0 radical (unpaired) electrons. The quantitative estimate of drug-likeness (QED) is 0.875. The molecule has 1 N–H and O–H groups in total. The van der Waals surface area contributed by atoms with E-state index in [9.17, 15) is 4.79 Å². The number of hydrogen-bond acceptors (Lipinski definition) is 3. The van der Waals surface area contributed by atoms with E-state index in [1.54, 1.807) is 0 Å². The molecule has 1 aliphatic rings. The maximum atomic E-state index is 12.8. The molecule has 1 atom stereocenters. The Bertz CT molecular complexity index is 482. The monoisotopic (exact) mass is 290 g/mol. The first kappa shape index (κ1) is 15.8. The number of aryl methyl sites for hydroxylation is 1. The molecule has 4 nitrogen and oxygen atoms in total. The highest BCUT2D eigenvalue weighted by atomic mass is 16.5. The molecule has 0 bridgehead atoms. The third-order valence-corrected chi connectivity index (χ3v) is 3.89. The lowest BCUT2D eigenvalue weighted by Gasteiger charge is -2.25. The van der Waals surface area contributed by atoms with Crippen LogP contribution in [-0.4, -0.2) is 43.2 Å². The van der Waals surface area contributed by atoms with E-state index in [0.29, 0.717) is 13.1 Å². The number of carbonyl (C=O) groups excluding carboxylic acids is 1. The lowest BCUT2D eigenvalue weighted by Crippen LogP contribution is -2.37. The fourth-order valence-electron chi connectivity index (χ4n) is 2.74. The van der Waals surface area contributed by atoms with Crippen LogP contribution in [0.3, 0.4) is 0 Å². The second-order valence-corrected chi connectivity index (χ2v) is 5.56. The maximum Gasteiger partial charge on any atom is 0.256 e. The number of benzene rings is 1. The number of likely N-dealkylation sites (N-methyl/N-ethyl adjacent to an activating group) is 1. The zero-order valence-corrected chi connectivity index (χ0v) is 13.3. The van der Waals surface area contributed by atoms with Crippen molar-refractivity contribution in [3.05, 3.63) is 29.3 Å². The summed E-state index contributed by atoms with van der Waals surface area (Å²) in [6.07, 6.45) is 2.35. The molecule has 1 aromatic rings. The van der Waals surface area contributed by atoms with E-state index in [0.717, 1.165) is 42.8 Å². The zero-order chi connectivity index (χ0) is 15.2. The molecule has 1 amide bonds. The van der Waals surface area contributed by atoms with Gasteiger partial charge in [0.1, 0.15) is 0 Å². The molecule has 1 saturated heterocycles. The highest BCUT2D eigenvalue weighted by Gasteiger charge is 2.23. The van der Waals surface area contributed by atoms with Crippen molar-refractivity contribution < 1.29 is 9.53 Å². The van der Waals surface area contributed by atoms with E-state index < -0.39 is 0 Å². The van der Waals surface area contributed by atoms with Gasteiger partial charge in [-0.15, -0.1) is 0 Å². The van der Waals surface area contributed by atoms with Gasteiger partial charge in [0.05, 0.1) is 11.7 Å². The van der Waals surface area contributed by atoms with Crippen LogP contribution in [0.25, 0.3) is 0 Å². The van der Waals surface area contributed by atoms with Gasteiger partial charge in [0.2, 0.25) is 0 Å². The molecule has 1 aliphatic heterocycles. The van der Waals surface area contributed by atoms with Crippen molar-refractivity contribution in [3.8, 4) is 0 Å². The van der Waals surface area contributed by atoms with Crippen molar-refractivity contribution in [2.45, 2.75) is 39.7 Å². The van der Waals surface area contributed by atoms with E-state index in [1.165, 1.54) is 0 Å². The van der Waals surface area contributed by atoms with Crippen LogP contribution in [-0.2, 0) is 4.74 Å². The third-order valence-electron chi connectivity index (χ3n) is 3.89. The van der Waals surface area contributed by atoms with Crippen molar-refractivity contribution in [1.29, 1.82) is 0 Å². The average Bonchev–Trinajstić information content (AvgIpc) is 2.99. The zero-order valence-electron chi connectivity index (χ0n) is 13.3. The van der Waals surface area contributed by atoms with Crippen molar-refractivity contribution in [1.82, 2.24) is 4.90 Å². The molecule has 2 rings (SSSR count). The molecule has 1 heterocycles. The highest BCUT2D eigenvalue weighted by molar-refractivity contribution is 5.99. The summed E-state index contributed by atoms with van der Waals surface area (Å²) in [5.41, 5.74) is 2.78. The van der Waals surface area contributed by atoms with Crippen LogP contribution in [0.15, 0.2) is 18.2 Å². The summed E-state index contributed by atoms with van der Waals surface area (Å²) < 4.78 is 5.66.